The van der Waals surface area contributed by atoms with Gasteiger partial charge in [0, 0.05) is 23.4 Å². The van der Waals surface area contributed by atoms with Crippen LogP contribution in [-0.4, -0.2) is 16.5 Å². The topological polar surface area (TPSA) is 89.2 Å². The monoisotopic (exact) mass is 364 g/mol. The van der Waals surface area contributed by atoms with Crippen LogP contribution in [0.1, 0.15) is 29.0 Å². The van der Waals surface area contributed by atoms with Crippen molar-refractivity contribution < 1.29 is 9.59 Å². The quantitative estimate of drug-likeness (QED) is 0.778. The third-order valence-electron chi connectivity index (χ3n) is 3.23. The van der Waals surface area contributed by atoms with E-state index in [1.165, 1.54) is 0 Å². The van der Waals surface area contributed by atoms with Gasteiger partial charge in [0.2, 0.25) is 0 Å². The van der Waals surface area contributed by atoms with Crippen LogP contribution in [0.5, 0.6) is 0 Å². The van der Waals surface area contributed by atoms with E-state index in [0.717, 1.165) is 10.0 Å². The lowest BCUT2D eigenvalue weighted by Crippen LogP contribution is -2.28. The Morgan fingerprint density at radius 3 is 2.41 bits per heavy atom. The first-order valence-corrected chi connectivity index (χ1v) is 7.45. The molecule has 0 saturated carbocycles. The van der Waals surface area contributed by atoms with Crippen molar-refractivity contribution in [2.75, 3.05) is 5.32 Å². The van der Waals surface area contributed by atoms with E-state index in [-0.39, 0.29) is 11.9 Å². The van der Waals surface area contributed by atoms with Crippen molar-refractivity contribution >= 4 is 33.6 Å². The SMILES string of the molecule is CC(NC(=O)c1cc(Br)cn1C)c1ccc(NC(N)=O)cc1. The van der Waals surface area contributed by atoms with Crippen LogP contribution in [0.25, 0.3) is 0 Å². The lowest BCUT2D eigenvalue weighted by Gasteiger charge is -2.15. The number of hydrogen-bond donors (Lipinski definition) is 3. The number of primary amides is 1. The summed E-state index contributed by atoms with van der Waals surface area (Å²) >= 11 is 3.34. The van der Waals surface area contributed by atoms with E-state index in [9.17, 15) is 9.59 Å². The molecule has 0 spiro atoms. The zero-order valence-corrected chi connectivity index (χ0v) is 13.8. The van der Waals surface area contributed by atoms with E-state index in [1.807, 2.05) is 32.3 Å². The van der Waals surface area contributed by atoms with Gasteiger partial charge in [-0.05, 0) is 46.6 Å². The highest BCUT2D eigenvalue weighted by molar-refractivity contribution is 9.10. The van der Waals surface area contributed by atoms with Crippen molar-refractivity contribution in [3.8, 4) is 0 Å². The molecule has 22 heavy (non-hydrogen) atoms. The van der Waals surface area contributed by atoms with Crippen molar-refractivity contribution in [2.24, 2.45) is 12.8 Å². The Labute approximate surface area is 136 Å². The molecule has 0 fully saturated rings. The Balaban J connectivity index is 2.05. The maximum atomic E-state index is 12.2. The molecule has 0 aliphatic carbocycles. The van der Waals surface area contributed by atoms with Gasteiger partial charge in [-0.1, -0.05) is 12.1 Å². The van der Waals surface area contributed by atoms with Crippen LogP contribution in [0.3, 0.4) is 0 Å². The van der Waals surface area contributed by atoms with Crippen LogP contribution in [0, 0.1) is 0 Å². The van der Waals surface area contributed by atoms with Gasteiger partial charge < -0.3 is 20.9 Å². The molecular weight excluding hydrogens is 348 g/mol. The fourth-order valence-electron chi connectivity index (χ4n) is 2.10. The van der Waals surface area contributed by atoms with Gasteiger partial charge in [-0.3, -0.25) is 4.79 Å². The number of nitrogens with zero attached hydrogens (tertiary/aromatic N) is 1. The summed E-state index contributed by atoms with van der Waals surface area (Å²) in [6.45, 7) is 1.90. The van der Waals surface area contributed by atoms with Gasteiger partial charge in [-0.25, -0.2) is 4.79 Å². The maximum absolute atomic E-state index is 12.2. The molecule has 0 bridgehead atoms. The van der Waals surface area contributed by atoms with Gasteiger partial charge >= 0.3 is 6.03 Å². The number of halogens is 1. The number of carbonyl (C=O) groups is 2. The lowest BCUT2D eigenvalue weighted by atomic mass is 10.1. The molecule has 2 aromatic rings. The average Bonchev–Trinajstić information content (AvgIpc) is 2.78. The zero-order valence-electron chi connectivity index (χ0n) is 12.3. The van der Waals surface area contributed by atoms with Gasteiger partial charge in [-0.15, -0.1) is 0 Å². The standard InChI is InChI=1S/C15H17BrN4O2/c1-9(10-3-5-12(6-4-10)19-15(17)22)18-14(21)13-7-11(16)8-20(13)2/h3-9H,1-2H3,(H,18,21)(H3,17,19,22). The first kappa shape index (κ1) is 16.1. The molecule has 1 aromatic heterocycles. The highest BCUT2D eigenvalue weighted by Gasteiger charge is 2.14. The molecule has 0 radical (unpaired) electrons. The minimum absolute atomic E-state index is 0.153. The Morgan fingerprint density at radius 2 is 1.91 bits per heavy atom. The van der Waals surface area contributed by atoms with E-state index >= 15 is 0 Å². The Bertz CT molecular complexity index is 694. The number of amides is 3. The second kappa shape index (κ2) is 6.65. The molecule has 1 aromatic carbocycles. The van der Waals surface area contributed by atoms with Crippen LogP contribution >= 0.6 is 15.9 Å². The summed E-state index contributed by atoms with van der Waals surface area (Å²) in [6.07, 6.45) is 1.82. The number of rotatable bonds is 4. The fraction of sp³-hybridized carbons (Fsp3) is 0.200. The normalized spacial score (nSPS) is 11.8. The number of aromatic nitrogens is 1. The number of hydrogen-bond acceptors (Lipinski definition) is 2. The maximum Gasteiger partial charge on any atom is 0.316 e. The summed E-state index contributed by atoms with van der Waals surface area (Å²) in [4.78, 5) is 23.0. The highest BCUT2D eigenvalue weighted by Crippen LogP contribution is 2.18. The van der Waals surface area contributed by atoms with Gasteiger partial charge in [0.05, 0.1) is 6.04 Å². The Morgan fingerprint density at radius 1 is 1.27 bits per heavy atom. The average molecular weight is 365 g/mol. The first-order valence-electron chi connectivity index (χ1n) is 6.66. The number of nitrogens with two attached hydrogens (primary N) is 1. The zero-order chi connectivity index (χ0) is 16.3. The largest absolute Gasteiger partial charge is 0.351 e. The molecule has 3 amide bonds. The molecule has 2 rings (SSSR count). The summed E-state index contributed by atoms with van der Waals surface area (Å²) in [5, 5.41) is 5.42. The van der Waals surface area contributed by atoms with Crippen molar-refractivity contribution in [3.63, 3.8) is 0 Å². The molecule has 0 aliphatic rings. The van der Waals surface area contributed by atoms with Gasteiger partial charge in [0.25, 0.3) is 5.91 Å². The van der Waals surface area contributed by atoms with E-state index in [2.05, 4.69) is 26.6 Å². The van der Waals surface area contributed by atoms with Crippen molar-refractivity contribution in [1.29, 1.82) is 0 Å². The third kappa shape index (κ3) is 3.88. The highest BCUT2D eigenvalue weighted by atomic mass is 79.9. The van der Waals surface area contributed by atoms with Gasteiger partial charge in [-0.2, -0.15) is 0 Å². The molecule has 4 N–H and O–H groups in total. The molecule has 7 heteroatoms. The van der Waals surface area contributed by atoms with Crippen LogP contribution in [0.15, 0.2) is 41.0 Å². The fourth-order valence-corrected chi connectivity index (χ4v) is 2.63. The van der Waals surface area contributed by atoms with Crippen LogP contribution < -0.4 is 16.4 Å². The number of nitrogens with one attached hydrogen (secondary N) is 2. The predicted molar refractivity (Wildman–Crippen MR) is 88.6 cm³/mol. The number of anilines is 1. The number of carbonyl (C=O) groups excluding carboxylic acids is 2. The van der Waals surface area contributed by atoms with Gasteiger partial charge in [0.1, 0.15) is 5.69 Å². The van der Waals surface area contributed by atoms with Crippen molar-refractivity contribution in [1.82, 2.24) is 9.88 Å². The number of benzene rings is 1. The van der Waals surface area contributed by atoms with Crippen LogP contribution in [0.2, 0.25) is 0 Å². The second-order valence-corrected chi connectivity index (χ2v) is 5.88. The smallest absolute Gasteiger partial charge is 0.316 e. The molecule has 0 aliphatic heterocycles. The minimum atomic E-state index is -0.608. The van der Waals surface area contributed by atoms with Crippen molar-refractivity contribution in [3.05, 3.63) is 52.3 Å². The summed E-state index contributed by atoms with van der Waals surface area (Å²) in [6, 6.07) is 8.13. The van der Waals surface area contributed by atoms with E-state index in [1.54, 1.807) is 22.8 Å². The Kier molecular flexibility index (Phi) is 4.87. The van der Waals surface area contributed by atoms with E-state index in [0.29, 0.717) is 11.4 Å². The Hall–Kier alpha value is -2.28. The van der Waals surface area contributed by atoms with Crippen LogP contribution in [0.4, 0.5) is 10.5 Å². The van der Waals surface area contributed by atoms with Crippen LogP contribution in [-0.2, 0) is 7.05 Å². The summed E-state index contributed by atoms with van der Waals surface area (Å²) in [5.74, 6) is -0.153. The molecule has 1 heterocycles. The summed E-state index contributed by atoms with van der Waals surface area (Å²) in [5.41, 5.74) is 7.17. The van der Waals surface area contributed by atoms with Crippen molar-refractivity contribution in [2.45, 2.75) is 13.0 Å². The number of aryl methyl sites for hydroxylation is 1. The lowest BCUT2D eigenvalue weighted by molar-refractivity contribution is 0.0931. The summed E-state index contributed by atoms with van der Waals surface area (Å²) < 4.78 is 2.61. The first-order chi connectivity index (χ1) is 10.4. The van der Waals surface area contributed by atoms with E-state index < -0.39 is 6.03 Å². The third-order valence-corrected chi connectivity index (χ3v) is 3.66. The van der Waals surface area contributed by atoms with E-state index in [4.69, 9.17) is 5.73 Å². The molecular formula is C15H17BrN4O2. The second-order valence-electron chi connectivity index (χ2n) is 4.96. The molecule has 1 atom stereocenters. The number of urea groups is 1. The molecule has 0 saturated heterocycles. The van der Waals surface area contributed by atoms with Gasteiger partial charge in [0.15, 0.2) is 0 Å². The molecule has 116 valence electrons. The molecule has 6 nitrogen and oxygen atoms in total. The summed E-state index contributed by atoms with van der Waals surface area (Å²) in [7, 11) is 1.81. The minimum Gasteiger partial charge on any atom is -0.351 e. The predicted octanol–water partition coefficient (Wildman–Crippen LogP) is 2.77. The molecule has 1 unspecified atom stereocenters.